The average molecular weight is 335 g/mol. The van der Waals surface area contributed by atoms with Gasteiger partial charge in [-0.15, -0.1) is 0 Å². The Bertz CT molecular complexity index is 8.00. The van der Waals surface area contributed by atoms with E-state index in [1.54, 1.807) is 0 Å². The topological polar surface area (TPSA) is 0 Å². The first-order chi connectivity index (χ1) is 0. The maximum absolute atomic E-state index is 0. The minimum absolute atomic E-state index is 0. The molecule has 0 spiro atoms. The van der Waals surface area contributed by atoms with Gasteiger partial charge >= 0.3 is 23.1 Å². The van der Waals surface area contributed by atoms with Crippen molar-refractivity contribution in [2.24, 2.45) is 0 Å². The summed E-state index contributed by atoms with van der Waals surface area (Å²) in [6.45, 7) is 0. The van der Waals surface area contributed by atoms with E-state index in [9.17, 15) is 0 Å². The standard InChI is InChI=1S/Al.Ce.La.Mg.5H. The van der Waals surface area contributed by atoms with Crippen LogP contribution >= 0.6 is 0 Å². The van der Waals surface area contributed by atoms with Crippen LogP contribution in [0.5, 0.6) is 0 Å². The quantitative estimate of drug-likeness (QED) is 0.445. The fourth-order valence-electron chi connectivity index (χ4n) is 0. The number of rotatable bonds is 0. The van der Waals surface area contributed by atoms with Gasteiger partial charge in [0.05, 0.1) is 0 Å². The minimum atomic E-state index is 0. The predicted molar refractivity (Wildman–Crippen MR) is 18.5 cm³/mol. The molecular formula is H5AlCeLaMg. The fourth-order valence-corrected chi connectivity index (χ4v) is 0. The molecule has 0 aliphatic rings. The van der Waals surface area contributed by atoms with Crippen LogP contribution in [0.15, 0.2) is 0 Å². The van der Waals surface area contributed by atoms with Crippen molar-refractivity contribution in [1.82, 2.24) is 0 Å². The molecule has 0 aromatic heterocycles. The summed E-state index contributed by atoms with van der Waals surface area (Å²) in [6.07, 6.45) is 0. The Hall–Kier alpha value is 3.87. The summed E-state index contributed by atoms with van der Waals surface area (Å²) in [5.74, 6) is 0. The van der Waals surface area contributed by atoms with E-state index < -0.39 is 0 Å². The Morgan fingerprint density at radius 2 is 1.00 bits per heavy atom. The van der Waals surface area contributed by atoms with Crippen LogP contribution in [0.1, 0.15) is 0 Å². The zero-order valence-electron chi connectivity index (χ0n) is 1.08. The molecule has 0 heterocycles. The Morgan fingerprint density at radius 1 is 1.00 bits per heavy atom. The van der Waals surface area contributed by atoms with Crippen molar-refractivity contribution >= 4 is 40.4 Å². The number of hydrogen-bond donors (Lipinski definition) is 0. The van der Waals surface area contributed by atoms with Gasteiger partial charge in [0.1, 0.15) is 0 Å². The number of hydrogen-bond acceptors (Lipinski definition) is 0. The van der Waals surface area contributed by atoms with E-state index in [0.29, 0.717) is 0 Å². The Labute approximate surface area is 114 Å². The maximum Gasteiger partial charge on any atom is 0.316 e. The molecule has 0 amide bonds. The summed E-state index contributed by atoms with van der Waals surface area (Å²) in [6, 6.07) is 0. The second kappa shape index (κ2) is 15.8. The van der Waals surface area contributed by atoms with Gasteiger partial charge in [-0.25, -0.2) is 0 Å². The first kappa shape index (κ1) is 24.8. The van der Waals surface area contributed by atoms with Gasteiger partial charge in [0.25, 0.3) is 0 Å². The van der Waals surface area contributed by atoms with Gasteiger partial charge in [0.2, 0.25) is 0 Å². The first-order valence-corrected chi connectivity index (χ1v) is 0. The summed E-state index contributed by atoms with van der Waals surface area (Å²) in [5.41, 5.74) is 0. The van der Waals surface area contributed by atoms with Crippen LogP contribution in [-0.4, -0.2) is 40.4 Å². The van der Waals surface area contributed by atoms with E-state index in [0.717, 1.165) is 0 Å². The third kappa shape index (κ3) is 9.30. The van der Waals surface area contributed by atoms with Crippen LogP contribution in [0.3, 0.4) is 0 Å². The monoisotopic (exact) mass is 335 g/mol. The fraction of sp³-hybridized carbons (Fsp3) is 0. The molecule has 0 bridgehead atoms. The summed E-state index contributed by atoms with van der Waals surface area (Å²) in [4.78, 5) is 0. The molecule has 0 fully saturated rings. The Balaban J connectivity index is 0. The predicted octanol–water partition coefficient (Wildman–Crippen LogP) is -2.10. The molecule has 0 nitrogen and oxygen atoms in total. The van der Waals surface area contributed by atoms with Crippen LogP contribution in [-0.2, 0) is 0 Å². The van der Waals surface area contributed by atoms with Crippen molar-refractivity contribution in [1.29, 1.82) is 0 Å². The van der Waals surface area contributed by atoms with Crippen molar-refractivity contribution in [3.8, 4) is 0 Å². The van der Waals surface area contributed by atoms with Crippen molar-refractivity contribution in [2.45, 2.75) is 0 Å². The van der Waals surface area contributed by atoms with E-state index in [-0.39, 0.29) is 118 Å². The van der Waals surface area contributed by atoms with Gasteiger partial charge in [-0.2, -0.15) is 0 Å². The minimum Gasteiger partial charge on any atom is 0 e. The molecule has 0 aromatic carbocycles. The van der Waals surface area contributed by atoms with Gasteiger partial charge in [0.15, 0.2) is 17.4 Å². The second-order valence-electron chi connectivity index (χ2n) is 0. The molecule has 0 saturated carbocycles. The summed E-state index contributed by atoms with van der Waals surface area (Å²) < 4.78 is 0. The molecule has 0 N–H and O–H groups in total. The molecule has 1 radical (unpaired) electrons. The third-order valence-corrected chi connectivity index (χ3v) is 0. The summed E-state index contributed by atoms with van der Waals surface area (Å²) >= 11 is 0. The molecule has 4 heavy (non-hydrogen) atoms. The maximum atomic E-state index is 0. The molecule has 4 heteroatoms. The van der Waals surface area contributed by atoms with Crippen molar-refractivity contribution < 1.29 is 77.3 Å². The van der Waals surface area contributed by atoms with E-state index in [1.807, 2.05) is 0 Å². The van der Waals surface area contributed by atoms with Crippen LogP contribution in [0.25, 0.3) is 0 Å². The smallest absolute Gasteiger partial charge is 0 e. The van der Waals surface area contributed by atoms with Crippen molar-refractivity contribution in [2.75, 3.05) is 0 Å². The first-order valence-electron chi connectivity index (χ1n) is 0. The Morgan fingerprint density at radius 3 is 1.00 bits per heavy atom. The largest absolute Gasteiger partial charge is 0.316 e. The SMILES string of the molecule is [AlH3].[Ce].[La].[MgH2]. The van der Waals surface area contributed by atoms with Crippen molar-refractivity contribution in [3.05, 3.63) is 0 Å². The zero-order valence-corrected chi connectivity index (χ0v) is 7.84. The molecule has 0 aliphatic heterocycles. The molecule has 0 aliphatic carbocycles. The van der Waals surface area contributed by atoms with E-state index in [1.165, 1.54) is 0 Å². The summed E-state index contributed by atoms with van der Waals surface area (Å²) in [5, 5.41) is 0. The van der Waals surface area contributed by atoms with Crippen LogP contribution in [0.2, 0.25) is 0 Å². The summed E-state index contributed by atoms with van der Waals surface area (Å²) in [7, 11) is 0. The van der Waals surface area contributed by atoms with E-state index in [2.05, 4.69) is 0 Å². The van der Waals surface area contributed by atoms with Crippen molar-refractivity contribution in [3.63, 3.8) is 0 Å². The van der Waals surface area contributed by atoms with Gasteiger partial charge in [-0.05, 0) is 0 Å². The molecule has 0 saturated heterocycles. The molecule has 0 unspecified atom stereocenters. The van der Waals surface area contributed by atoms with E-state index in [4.69, 9.17) is 0 Å². The van der Waals surface area contributed by atoms with Crippen LogP contribution < -0.4 is 0 Å². The average Bonchev–Trinajstić information content (AvgIpc) is 0. The molecule has 17 valence electrons. The van der Waals surface area contributed by atoms with Gasteiger partial charge < -0.3 is 0 Å². The van der Waals surface area contributed by atoms with E-state index >= 15 is 0 Å². The van der Waals surface area contributed by atoms with Crippen LogP contribution in [0, 0.1) is 77.3 Å². The zero-order chi connectivity index (χ0) is 0. The molecule has 0 rings (SSSR count). The van der Waals surface area contributed by atoms with Gasteiger partial charge in [0, 0.05) is 77.3 Å². The van der Waals surface area contributed by atoms with Crippen LogP contribution in [0.4, 0.5) is 0 Å². The Kier molecular flexibility index (Phi) is 98.0. The second-order valence-corrected chi connectivity index (χ2v) is 0. The van der Waals surface area contributed by atoms with Gasteiger partial charge in [-0.1, -0.05) is 0 Å². The molecule has 0 atom stereocenters. The van der Waals surface area contributed by atoms with Gasteiger partial charge in [-0.3, -0.25) is 0 Å². The third-order valence-electron chi connectivity index (χ3n) is 0. The molecule has 0 aromatic rings. The molecular weight excluding hydrogens is 330 g/mol. The normalized spacial score (nSPS) is 0.